The molecule has 37 heavy (non-hydrogen) atoms. The molecule has 0 atom stereocenters. The highest BCUT2D eigenvalue weighted by atomic mass is 28.4. The van der Waals surface area contributed by atoms with Gasteiger partial charge in [0.25, 0.3) is 0 Å². The topological polar surface area (TPSA) is 18.5 Å². The van der Waals surface area contributed by atoms with Gasteiger partial charge in [0, 0.05) is 0 Å². The molecule has 0 saturated heterocycles. The molecular formula is C31H39F3O2Si. The summed E-state index contributed by atoms with van der Waals surface area (Å²) in [5.74, 6) is 0.659. The van der Waals surface area contributed by atoms with E-state index >= 15 is 0 Å². The Morgan fingerprint density at radius 2 is 1.27 bits per heavy atom. The van der Waals surface area contributed by atoms with E-state index in [1.165, 1.54) is 23.3 Å². The monoisotopic (exact) mass is 528 g/mol. The Balaban J connectivity index is 1.90. The predicted octanol–water partition coefficient (Wildman–Crippen LogP) is 9.72. The van der Waals surface area contributed by atoms with Gasteiger partial charge < -0.3 is 9.16 Å². The first-order valence-electron chi connectivity index (χ1n) is 12.7. The van der Waals surface area contributed by atoms with Gasteiger partial charge in [-0.25, -0.2) is 0 Å². The first kappa shape index (κ1) is 28.8. The molecule has 0 radical (unpaired) electrons. The molecule has 6 heteroatoms. The van der Waals surface area contributed by atoms with Crippen molar-refractivity contribution in [1.82, 2.24) is 0 Å². The van der Waals surface area contributed by atoms with Crippen LogP contribution in [-0.2, 0) is 18.3 Å². The van der Waals surface area contributed by atoms with Crippen LogP contribution in [0.4, 0.5) is 13.2 Å². The van der Waals surface area contributed by atoms with E-state index in [1.54, 1.807) is 12.1 Å². The van der Waals surface area contributed by atoms with Crippen LogP contribution in [0.25, 0.3) is 11.1 Å². The number of halogens is 3. The zero-order valence-electron chi connectivity index (χ0n) is 23.2. The van der Waals surface area contributed by atoms with Crippen LogP contribution in [0.5, 0.6) is 11.5 Å². The van der Waals surface area contributed by atoms with Gasteiger partial charge >= 0.3 is 6.36 Å². The summed E-state index contributed by atoms with van der Waals surface area (Å²) < 4.78 is 48.4. The fourth-order valence-electron chi connectivity index (χ4n) is 3.78. The number of ether oxygens (including phenoxy) is 1. The second kappa shape index (κ2) is 10.6. The molecule has 0 saturated carbocycles. The van der Waals surface area contributed by atoms with Crippen LogP contribution in [0.1, 0.15) is 58.2 Å². The average Bonchev–Trinajstić information content (AvgIpc) is 2.76. The van der Waals surface area contributed by atoms with E-state index in [0.717, 1.165) is 35.3 Å². The zero-order valence-corrected chi connectivity index (χ0v) is 24.2. The van der Waals surface area contributed by atoms with Crippen molar-refractivity contribution in [3.63, 3.8) is 0 Å². The number of hydrogen-bond donors (Lipinski definition) is 0. The average molecular weight is 529 g/mol. The molecule has 2 nitrogen and oxygen atoms in total. The van der Waals surface area contributed by atoms with Gasteiger partial charge in [0.2, 0.25) is 8.32 Å². The SMILES string of the molecule is CC(C)(C)c1ccc(CCc2cc(-c3ccc(OC(F)(F)F)cc3)ccc2O[Si](C)(C)C(C)(C)C)cc1. The van der Waals surface area contributed by atoms with Crippen molar-refractivity contribution < 1.29 is 22.3 Å². The van der Waals surface area contributed by atoms with Gasteiger partial charge in [0.15, 0.2) is 0 Å². The van der Waals surface area contributed by atoms with E-state index in [0.29, 0.717) is 0 Å². The van der Waals surface area contributed by atoms with E-state index in [2.05, 4.69) is 89.7 Å². The maximum Gasteiger partial charge on any atom is 0.573 e. The maximum atomic E-state index is 12.6. The number of rotatable bonds is 7. The quantitative estimate of drug-likeness (QED) is 0.284. The minimum atomic E-state index is -4.71. The third kappa shape index (κ3) is 7.87. The molecule has 0 unspecified atom stereocenters. The first-order chi connectivity index (χ1) is 16.9. The van der Waals surface area contributed by atoms with Crippen molar-refractivity contribution in [2.24, 2.45) is 0 Å². The smallest absolute Gasteiger partial charge is 0.543 e. The molecule has 3 aromatic rings. The molecule has 0 fully saturated rings. The number of aryl methyl sites for hydroxylation is 2. The summed E-state index contributed by atoms with van der Waals surface area (Å²) in [7, 11) is -2.06. The molecule has 3 aromatic carbocycles. The minimum absolute atomic E-state index is 0.0556. The van der Waals surface area contributed by atoms with Crippen LogP contribution in [0.2, 0.25) is 18.1 Å². The molecular weight excluding hydrogens is 489 g/mol. The Morgan fingerprint density at radius 1 is 0.703 bits per heavy atom. The summed E-state index contributed by atoms with van der Waals surface area (Å²) in [6, 6.07) is 20.9. The minimum Gasteiger partial charge on any atom is -0.543 e. The normalized spacial score (nSPS) is 12.9. The summed E-state index contributed by atoms with van der Waals surface area (Å²) in [5.41, 5.74) is 5.52. The van der Waals surface area contributed by atoms with Crippen molar-refractivity contribution >= 4 is 8.32 Å². The zero-order chi connectivity index (χ0) is 27.6. The Morgan fingerprint density at radius 3 is 1.78 bits per heavy atom. The Labute approximate surface area is 221 Å². The molecule has 0 aliphatic rings. The van der Waals surface area contributed by atoms with E-state index in [9.17, 15) is 13.2 Å². The highest BCUT2D eigenvalue weighted by molar-refractivity contribution is 6.74. The van der Waals surface area contributed by atoms with Crippen LogP contribution in [0.3, 0.4) is 0 Å². The van der Waals surface area contributed by atoms with E-state index in [1.807, 2.05) is 12.1 Å². The molecule has 0 aliphatic heterocycles. The molecule has 0 aliphatic carbocycles. The van der Waals surface area contributed by atoms with Gasteiger partial charge in [0.05, 0.1) is 0 Å². The summed E-state index contributed by atoms with van der Waals surface area (Å²) in [6.07, 6.45) is -3.05. The highest BCUT2D eigenvalue weighted by Gasteiger charge is 2.39. The summed E-state index contributed by atoms with van der Waals surface area (Å²) in [5, 5.41) is 0.0556. The lowest BCUT2D eigenvalue weighted by Gasteiger charge is -2.37. The van der Waals surface area contributed by atoms with E-state index in [4.69, 9.17) is 4.43 Å². The fourth-order valence-corrected chi connectivity index (χ4v) is 4.84. The van der Waals surface area contributed by atoms with Crippen molar-refractivity contribution in [3.8, 4) is 22.6 Å². The van der Waals surface area contributed by atoms with Gasteiger partial charge in [0.1, 0.15) is 11.5 Å². The third-order valence-electron chi connectivity index (χ3n) is 7.16. The third-order valence-corrected chi connectivity index (χ3v) is 11.5. The van der Waals surface area contributed by atoms with Gasteiger partial charge in [-0.1, -0.05) is 84.0 Å². The van der Waals surface area contributed by atoms with Crippen molar-refractivity contribution in [2.45, 2.75) is 84.3 Å². The van der Waals surface area contributed by atoms with Crippen molar-refractivity contribution in [3.05, 3.63) is 83.4 Å². The van der Waals surface area contributed by atoms with E-state index in [-0.39, 0.29) is 16.2 Å². The lowest BCUT2D eigenvalue weighted by molar-refractivity contribution is -0.274. The summed E-state index contributed by atoms with van der Waals surface area (Å²) >= 11 is 0. The van der Waals surface area contributed by atoms with Crippen LogP contribution >= 0.6 is 0 Å². The Hall–Kier alpha value is -2.73. The fraction of sp³-hybridized carbons (Fsp3) is 0.419. The molecule has 3 rings (SSSR count). The molecule has 0 bridgehead atoms. The molecule has 0 spiro atoms. The number of benzene rings is 3. The lowest BCUT2D eigenvalue weighted by Crippen LogP contribution is -2.44. The van der Waals surface area contributed by atoms with Gasteiger partial charge in [-0.05, 0) is 88.5 Å². The van der Waals surface area contributed by atoms with Crippen molar-refractivity contribution in [2.75, 3.05) is 0 Å². The lowest BCUT2D eigenvalue weighted by atomic mass is 9.86. The molecule has 0 heterocycles. The highest BCUT2D eigenvalue weighted by Crippen LogP contribution is 2.39. The number of alkyl halides is 3. The van der Waals surface area contributed by atoms with E-state index < -0.39 is 14.7 Å². The molecule has 0 aromatic heterocycles. The van der Waals surface area contributed by atoms with Crippen LogP contribution in [-0.4, -0.2) is 14.7 Å². The summed E-state index contributed by atoms with van der Waals surface area (Å²) in [4.78, 5) is 0. The molecule has 0 N–H and O–H groups in total. The van der Waals surface area contributed by atoms with Gasteiger partial charge in [-0.15, -0.1) is 13.2 Å². The van der Waals surface area contributed by atoms with Gasteiger partial charge in [-0.2, -0.15) is 0 Å². The Kier molecular flexibility index (Phi) is 8.23. The molecule has 200 valence electrons. The predicted molar refractivity (Wildman–Crippen MR) is 149 cm³/mol. The van der Waals surface area contributed by atoms with Crippen molar-refractivity contribution in [1.29, 1.82) is 0 Å². The molecule has 0 amide bonds. The first-order valence-corrected chi connectivity index (χ1v) is 15.6. The summed E-state index contributed by atoms with van der Waals surface area (Å²) in [6.45, 7) is 17.7. The van der Waals surface area contributed by atoms with Crippen LogP contribution in [0.15, 0.2) is 66.7 Å². The van der Waals surface area contributed by atoms with Gasteiger partial charge in [-0.3, -0.25) is 0 Å². The second-order valence-electron chi connectivity index (χ2n) is 12.2. The standard InChI is InChI=1S/C31H39F3O2Si/c1-29(2,3)26-16-10-22(11-17-26)9-12-25-21-24(15-20-28(25)36-37(7,8)30(4,5)6)23-13-18-27(19-14-23)35-31(32,33)34/h10-11,13-21H,9,12H2,1-8H3. The largest absolute Gasteiger partial charge is 0.573 e. The number of hydrogen-bond acceptors (Lipinski definition) is 2. The Bertz CT molecular complexity index is 1180. The second-order valence-corrected chi connectivity index (χ2v) is 16.9. The van der Waals surface area contributed by atoms with Crippen LogP contribution in [0, 0.1) is 0 Å². The van der Waals surface area contributed by atoms with Crippen LogP contribution < -0.4 is 9.16 Å². The maximum absolute atomic E-state index is 12.6.